The lowest BCUT2D eigenvalue weighted by Crippen LogP contribution is -1.98. The highest BCUT2D eigenvalue weighted by atomic mass is 14.7. The predicted octanol–water partition coefficient (Wildman–Crippen LogP) is 1.43. The fourth-order valence-electron chi connectivity index (χ4n) is 1.54. The number of rotatable bonds is 1. The van der Waals surface area contributed by atoms with E-state index in [1.165, 1.54) is 16.8 Å². The average molecular weight is 148 g/mol. The van der Waals surface area contributed by atoms with Gasteiger partial charge in [0.15, 0.2) is 0 Å². The van der Waals surface area contributed by atoms with Crippen LogP contribution in [0, 0.1) is 0 Å². The standard InChI is InChI=1S/C9H12N2/c10-5-7-6-11-9-4-2-1-3-8(7)9/h1,3,6,11H,2,4-5,10H2. The second-order valence-electron chi connectivity index (χ2n) is 2.85. The summed E-state index contributed by atoms with van der Waals surface area (Å²) in [5.74, 6) is 0. The monoisotopic (exact) mass is 148 g/mol. The Kier molecular flexibility index (Phi) is 1.55. The summed E-state index contributed by atoms with van der Waals surface area (Å²) in [6.45, 7) is 0.635. The fourth-order valence-corrected chi connectivity index (χ4v) is 1.54. The lowest BCUT2D eigenvalue weighted by molar-refractivity contribution is 0.943. The summed E-state index contributed by atoms with van der Waals surface area (Å²) in [5.41, 5.74) is 9.46. The second kappa shape index (κ2) is 2.55. The van der Waals surface area contributed by atoms with E-state index in [1.807, 2.05) is 6.20 Å². The van der Waals surface area contributed by atoms with Crippen molar-refractivity contribution in [3.63, 3.8) is 0 Å². The van der Waals surface area contributed by atoms with Gasteiger partial charge in [-0.3, -0.25) is 0 Å². The number of aromatic amines is 1. The highest BCUT2D eigenvalue weighted by Gasteiger charge is 2.08. The van der Waals surface area contributed by atoms with Crippen LogP contribution in [0.4, 0.5) is 0 Å². The Balaban J connectivity index is 2.48. The Morgan fingerprint density at radius 1 is 1.55 bits per heavy atom. The molecule has 2 rings (SSSR count). The van der Waals surface area contributed by atoms with E-state index in [4.69, 9.17) is 5.73 Å². The molecule has 2 nitrogen and oxygen atoms in total. The minimum atomic E-state index is 0.635. The van der Waals surface area contributed by atoms with Crippen LogP contribution in [0.15, 0.2) is 12.3 Å². The first-order chi connectivity index (χ1) is 5.42. The molecule has 1 heterocycles. The van der Waals surface area contributed by atoms with Crippen molar-refractivity contribution < 1.29 is 0 Å². The third kappa shape index (κ3) is 0.994. The smallest absolute Gasteiger partial charge is 0.0227 e. The van der Waals surface area contributed by atoms with Gasteiger partial charge in [-0.1, -0.05) is 12.2 Å². The van der Waals surface area contributed by atoms with E-state index in [1.54, 1.807) is 0 Å². The fraction of sp³-hybridized carbons (Fsp3) is 0.333. The van der Waals surface area contributed by atoms with Crippen LogP contribution in [0.1, 0.15) is 23.2 Å². The molecule has 1 aliphatic carbocycles. The molecule has 3 N–H and O–H groups in total. The Hall–Kier alpha value is -1.02. The SMILES string of the molecule is NCc1c[nH]c2c1C=CCC2. The van der Waals surface area contributed by atoms with Gasteiger partial charge in [0.05, 0.1) is 0 Å². The van der Waals surface area contributed by atoms with Crippen LogP contribution < -0.4 is 5.73 Å². The van der Waals surface area contributed by atoms with Crippen molar-refractivity contribution in [2.45, 2.75) is 19.4 Å². The number of hydrogen-bond acceptors (Lipinski definition) is 1. The molecule has 0 bridgehead atoms. The normalized spacial score (nSPS) is 15.0. The summed E-state index contributed by atoms with van der Waals surface area (Å²) in [5, 5.41) is 0. The molecule has 0 atom stereocenters. The van der Waals surface area contributed by atoms with Gasteiger partial charge in [-0.25, -0.2) is 0 Å². The third-order valence-corrected chi connectivity index (χ3v) is 2.16. The van der Waals surface area contributed by atoms with Gasteiger partial charge in [0.25, 0.3) is 0 Å². The third-order valence-electron chi connectivity index (χ3n) is 2.16. The van der Waals surface area contributed by atoms with Gasteiger partial charge in [0.2, 0.25) is 0 Å². The van der Waals surface area contributed by atoms with E-state index in [2.05, 4.69) is 17.1 Å². The summed E-state index contributed by atoms with van der Waals surface area (Å²) >= 11 is 0. The maximum atomic E-state index is 5.56. The van der Waals surface area contributed by atoms with E-state index in [-0.39, 0.29) is 0 Å². The Bertz CT molecular complexity index is 284. The molecule has 0 aromatic carbocycles. The molecule has 0 unspecified atom stereocenters. The van der Waals surface area contributed by atoms with Crippen molar-refractivity contribution in [3.05, 3.63) is 29.1 Å². The van der Waals surface area contributed by atoms with Crippen LogP contribution in [0.25, 0.3) is 6.08 Å². The summed E-state index contributed by atoms with van der Waals surface area (Å²) < 4.78 is 0. The quantitative estimate of drug-likeness (QED) is 0.621. The Labute approximate surface area is 66.1 Å². The number of nitrogens with one attached hydrogen (secondary N) is 1. The van der Waals surface area contributed by atoms with Crippen LogP contribution in [-0.4, -0.2) is 4.98 Å². The van der Waals surface area contributed by atoms with Crippen LogP contribution in [-0.2, 0) is 13.0 Å². The van der Waals surface area contributed by atoms with E-state index in [9.17, 15) is 0 Å². The molecule has 0 saturated heterocycles. The molecule has 0 spiro atoms. The van der Waals surface area contributed by atoms with Crippen molar-refractivity contribution in [2.24, 2.45) is 5.73 Å². The number of H-pyrrole nitrogens is 1. The zero-order chi connectivity index (χ0) is 7.68. The van der Waals surface area contributed by atoms with Crippen molar-refractivity contribution in [2.75, 3.05) is 0 Å². The highest BCUT2D eigenvalue weighted by Crippen LogP contribution is 2.21. The topological polar surface area (TPSA) is 41.8 Å². The molecular formula is C9H12N2. The van der Waals surface area contributed by atoms with Crippen molar-refractivity contribution >= 4 is 6.08 Å². The zero-order valence-corrected chi connectivity index (χ0v) is 6.43. The van der Waals surface area contributed by atoms with E-state index < -0.39 is 0 Å². The number of fused-ring (bicyclic) bond motifs is 1. The van der Waals surface area contributed by atoms with Gasteiger partial charge in [0.1, 0.15) is 0 Å². The zero-order valence-electron chi connectivity index (χ0n) is 6.43. The van der Waals surface area contributed by atoms with Gasteiger partial charge in [-0.2, -0.15) is 0 Å². The molecular weight excluding hydrogens is 136 g/mol. The van der Waals surface area contributed by atoms with E-state index in [0.717, 1.165) is 12.8 Å². The van der Waals surface area contributed by atoms with Gasteiger partial charge in [-0.05, 0) is 24.0 Å². The molecule has 1 aromatic heterocycles. The average Bonchev–Trinajstić information content (AvgIpc) is 2.47. The largest absolute Gasteiger partial charge is 0.364 e. The van der Waals surface area contributed by atoms with Gasteiger partial charge >= 0.3 is 0 Å². The second-order valence-corrected chi connectivity index (χ2v) is 2.85. The first-order valence-electron chi connectivity index (χ1n) is 3.97. The van der Waals surface area contributed by atoms with Gasteiger partial charge in [-0.15, -0.1) is 0 Å². The van der Waals surface area contributed by atoms with Crippen LogP contribution in [0.2, 0.25) is 0 Å². The minimum absolute atomic E-state index is 0.635. The molecule has 0 radical (unpaired) electrons. The lowest BCUT2D eigenvalue weighted by Gasteiger charge is -2.04. The first-order valence-corrected chi connectivity index (χ1v) is 3.97. The van der Waals surface area contributed by atoms with Crippen molar-refractivity contribution in [1.29, 1.82) is 0 Å². The number of aromatic nitrogens is 1. The van der Waals surface area contributed by atoms with Crippen LogP contribution >= 0.6 is 0 Å². The summed E-state index contributed by atoms with van der Waals surface area (Å²) in [4.78, 5) is 3.25. The molecule has 58 valence electrons. The molecule has 0 fully saturated rings. The van der Waals surface area contributed by atoms with E-state index in [0.29, 0.717) is 6.54 Å². The molecule has 2 heteroatoms. The molecule has 0 saturated carbocycles. The van der Waals surface area contributed by atoms with Crippen LogP contribution in [0.5, 0.6) is 0 Å². The molecule has 0 amide bonds. The summed E-state index contributed by atoms with van der Waals surface area (Å²) in [6, 6.07) is 0. The predicted molar refractivity (Wildman–Crippen MR) is 46.0 cm³/mol. The lowest BCUT2D eigenvalue weighted by atomic mass is 10.0. The number of allylic oxidation sites excluding steroid dienone is 1. The van der Waals surface area contributed by atoms with Gasteiger partial charge < -0.3 is 10.7 Å². The minimum Gasteiger partial charge on any atom is -0.364 e. The van der Waals surface area contributed by atoms with Crippen molar-refractivity contribution in [1.82, 2.24) is 4.98 Å². The van der Waals surface area contributed by atoms with Gasteiger partial charge in [0, 0.05) is 18.4 Å². The number of aryl methyl sites for hydroxylation is 1. The number of hydrogen-bond donors (Lipinski definition) is 2. The number of nitrogens with two attached hydrogens (primary N) is 1. The maximum Gasteiger partial charge on any atom is 0.0227 e. The molecule has 0 aliphatic heterocycles. The Morgan fingerprint density at radius 2 is 2.45 bits per heavy atom. The maximum absolute atomic E-state index is 5.56. The van der Waals surface area contributed by atoms with E-state index >= 15 is 0 Å². The molecule has 1 aliphatic rings. The van der Waals surface area contributed by atoms with Crippen molar-refractivity contribution in [3.8, 4) is 0 Å². The Morgan fingerprint density at radius 3 is 3.27 bits per heavy atom. The molecule has 11 heavy (non-hydrogen) atoms. The summed E-state index contributed by atoms with van der Waals surface area (Å²) in [7, 11) is 0. The highest BCUT2D eigenvalue weighted by molar-refractivity contribution is 5.58. The molecule has 1 aromatic rings. The first kappa shape index (κ1) is 6.68. The van der Waals surface area contributed by atoms with Crippen LogP contribution in [0.3, 0.4) is 0 Å². The summed E-state index contributed by atoms with van der Waals surface area (Å²) in [6.07, 6.45) is 8.66.